The number of nitrogens with one attached hydrogen (secondary N) is 1. The van der Waals surface area contributed by atoms with Crippen LogP contribution in [0.15, 0.2) is 36.5 Å². The van der Waals surface area contributed by atoms with Crippen molar-refractivity contribution in [3.63, 3.8) is 0 Å². The predicted octanol–water partition coefficient (Wildman–Crippen LogP) is 10.0. The number of rotatable bonds is 33. The molecule has 0 aromatic carbocycles. The summed E-state index contributed by atoms with van der Waals surface area (Å²) < 4.78 is 0. The van der Waals surface area contributed by atoms with Gasteiger partial charge in [0.2, 0.25) is 5.91 Å². The molecule has 0 bridgehead atoms. The summed E-state index contributed by atoms with van der Waals surface area (Å²) in [5.74, 6) is -0.520. The van der Waals surface area contributed by atoms with E-state index in [4.69, 9.17) is 0 Å². The van der Waals surface area contributed by atoms with E-state index in [9.17, 15) is 20.1 Å². The molecule has 0 saturated carbocycles. The van der Waals surface area contributed by atoms with Crippen molar-refractivity contribution in [1.29, 1.82) is 0 Å². The van der Waals surface area contributed by atoms with Crippen molar-refractivity contribution < 1.29 is 20.1 Å². The monoisotopic (exact) mass is 620 g/mol. The fourth-order valence-electron chi connectivity index (χ4n) is 5.43. The molecule has 0 heterocycles. The van der Waals surface area contributed by atoms with E-state index in [-0.39, 0.29) is 6.61 Å². The van der Waals surface area contributed by atoms with E-state index in [0.717, 1.165) is 44.9 Å². The number of carbonyl (C=O) groups is 1. The molecule has 0 aromatic rings. The lowest BCUT2D eigenvalue weighted by Crippen LogP contribution is -2.48. The second-order valence-electron chi connectivity index (χ2n) is 12.8. The van der Waals surface area contributed by atoms with Crippen molar-refractivity contribution in [3.05, 3.63) is 36.5 Å². The van der Waals surface area contributed by atoms with Gasteiger partial charge in [0.15, 0.2) is 0 Å². The van der Waals surface area contributed by atoms with Crippen molar-refractivity contribution in [2.75, 3.05) is 6.61 Å². The largest absolute Gasteiger partial charge is 0.394 e. The third-order valence-electron chi connectivity index (χ3n) is 8.45. The smallest absolute Gasteiger partial charge is 0.249 e. The van der Waals surface area contributed by atoms with Crippen LogP contribution in [0.4, 0.5) is 0 Å². The van der Waals surface area contributed by atoms with Gasteiger partial charge in [0.05, 0.1) is 18.8 Å². The van der Waals surface area contributed by atoms with Gasteiger partial charge in [-0.2, -0.15) is 0 Å². The zero-order valence-electron chi connectivity index (χ0n) is 29.0. The maximum absolute atomic E-state index is 12.4. The molecule has 0 aromatic heterocycles. The highest BCUT2D eigenvalue weighted by atomic mass is 16.3. The first-order valence-electron chi connectivity index (χ1n) is 18.8. The lowest BCUT2D eigenvalue weighted by atomic mass is 10.0. The fourth-order valence-corrected chi connectivity index (χ4v) is 5.43. The molecule has 1 amide bonds. The highest BCUT2D eigenvalue weighted by molar-refractivity contribution is 5.80. The van der Waals surface area contributed by atoms with E-state index >= 15 is 0 Å². The van der Waals surface area contributed by atoms with E-state index in [0.29, 0.717) is 6.42 Å². The first kappa shape index (κ1) is 42.6. The third-order valence-corrected chi connectivity index (χ3v) is 8.45. The Balaban J connectivity index is 3.80. The molecule has 258 valence electrons. The molecule has 0 rings (SSSR count). The Morgan fingerprint density at radius 3 is 1.39 bits per heavy atom. The van der Waals surface area contributed by atoms with E-state index < -0.39 is 24.2 Å². The highest BCUT2D eigenvalue weighted by Gasteiger charge is 2.22. The first-order chi connectivity index (χ1) is 21.6. The van der Waals surface area contributed by atoms with Crippen LogP contribution in [-0.2, 0) is 4.79 Å². The molecular formula is C39H73NO4. The van der Waals surface area contributed by atoms with E-state index in [1.54, 1.807) is 6.08 Å². The standard InChI is InChI=1S/C39H73NO4/c1-3-5-7-9-11-13-15-17-19-20-22-24-26-28-30-32-34-38(43)39(44)40-36(35-41)37(42)33-31-29-27-25-23-21-18-16-14-12-10-8-6-4-2/h17,19,23,25,31,33,36-38,41-43H,3-16,18,20-22,24,26-30,32,34-35H2,1-2H3,(H,40,44)/b19-17-,25-23+,33-31+. The summed E-state index contributed by atoms with van der Waals surface area (Å²) in [5, 5.41) is 32.9. The van der Waals surface area contributed by atoms with Gasteiger partial charge in [-0.05, 0) is 57.8 Å². The van der Waals surface area contributed by atoms with Crippen LogP contribution in [0.5, 0.6) is 0 Å². The van der Waals surface area contributed by atoms with Crippen molar-refractivity contribution in [2.24, 2.45) is 0 Å². The van der Waals surface area contributed by atoms with Gasteiger partial charge >= 0.3 is 0 Å². The number of carbonyl (C=O) groups excluding carboxylic acids is 1. The molecule has 0 aliphatic heterocycles. The molecular weight excluding hydrogens is 546 g/mol. The van der Waals surface area contributed by atoms with Crippen LogP contribution in [0.25, 0.3) is 0 Å². The fraction of sp³-hybridized carbons (Fsp3) is 0.821. The molecule has 5 nitrogen and oxygen atoms in total. The zero-order valence-corrected chi connectivity index (χ0v) is 29.0. The second-order valence-corrected chi connectivity index (χ2v) is 12.8. The Hall–Kier alpha value is -1.43. The van der Waals surface area contributed by atoms with Gasteiger partial charge in [-0.25, -0.2) is 0 Å². The van der Waals surface area contributed by atoms with Crippen molar-refractivity contribution >= 4 is 5.91 Å². The summed E-state index contributed by atoms with van der Waals surface area (Å²) >= 11 is 0. The lowest BCUT2D eigenvalue weighted by molar-refractivity contribution is -0.131. The van der Waals surface area contributed by atoms with Crippen LogP contribution in [0.3, 0.4) is 0 Å². The Labute approximate surface area is 273 Å². The molecule has 44 heavy (non-hydrogen) atoms. The summed E-state index contributed by atoms with van der Waals surface area (Å²) in [6.45, 7) is 4.14. The number of unbranched alkanes of at least 4 members (excludes halogenated alkanes) is 21. The minimum atomic E-state index is -1.11. The van der Waals surface area contributed by atoms with E-state index in [1.165, 1.54) is 116 Å². The third kappa shape index (κ3) is 29.3. The molecule has 4 N–H and O–H groups in total. The molecule has 0 fully saturated rings. The number of amides is 1. The molecule has 0 saturated heterocycles. The summed E-state index contributed by atoms with van der Waals surface area (Å²) in [7, 11) is 0. The van der Waals surface area contributed by atoms with Crippen LogP contribution in [0.2, 0.25) is 0 Å². The SMILES string of the molecule is CCCCCCCC/C=C\CCCCCCCCC(O)C(=O)NC(CO)C(O)/C=C/CC/C=C/CCCCCCCCCC. The summed E-state index contributed by atoms with van der Waals surface area (Å²) in [5.41, 5.74) is 0. The summed E-state index contributed by atoms with van der Waals surface area (Å²) in [6, 6.07) is -0.814. The normalized spacial score (nSPS) is 14.2. The van der Waals surface area contributed by atoms with Gasteiger partial charge in [0.25, 0.3) is 0 Å². The quantitative estimate of drug-likeness (QED) is 0.0435. The zero-order chi connectivity index (χ0) is 32.4. The van der Waals surface area contributed by atoms with E-state index in [2.05, 4.69) is 43.5 Å². The van der Waals surface area contributed by atoms with Crippen LogP contribution >= 0.6 is 0 Å². The number of aliphatic hydroxyl groups is 3. The van der Waals surface area contributed by atoms with Crippen molar-refractivity contribution in [2.45, 2.75) is 199 Å². The van der Waals surface area contributed by atoms with Gasteiger partial charge in [0, 0.05) is 0 Å². The Morgan fingerprint density at radius 2 is 0.932 bits per heavy atom. The molecule has 3 atom stereocenters. The molecule has 0 aliphatic rings. The van der Waals surface area contributed by atoms with Gasteiger partial charge < -0.3 is 20.6 Å². The average Bonchev–Trinajstić information content (AvgIpc) is 3.03. The predicted molar refractivity (Wildman–Crippen MR) is 190 cm³/mol. The summed E-state index contributed by atoms with van der Waals surface area (Å²) in [6.07, 6.45) is 41.6. The molecule has 5 heteroatoms. The maximum atomic E-state index is 12.4. The van der Waals surface area contributed by atoms with E-state index in [1.807, 2.05) is 6.08 Å². The number of hydrogen-bond acceptors (Lipinski definition) is 4. The molecule has 0 aliphatic carbocycles. The number of aliphatic hydroxyl groups excluding tert-OH is 3. The first-order valence-corrected chi connectivity index (χ1v) is 18.8. The Morgan fingerprint density at radius 1 is 0.545 bits per heavy atom. The van der Waals surface area contributed by atoms with Crippen LogP contribution < -0.4 is 5.32 Å². The van der Waals surface area contributed by atoms with Crippen LogP contribution in [0, 0.1) is 0 Å². The second kappa shape index (κ2) is 34.4. The van der Waals surface area contributed by atoms with Crippen LogP contribution in [0.1, 0.15) is 181 Å². The highest BCUT2D eigenvalue weighted by Crippen LogP contribution is 2.13. The van der Waals surface area contributed by atoms with Gasteiger partial charge in [-0.15, -0.1) is 0 Å². The van der Waals surface area contributed by atoms with Crippen molar-refractivity contribution in [1.82, 2.24) is 5.32 Å². The Kier molecular flexibility index (Phi) is 33.3. The minimum Gasteiger partial charge on any atom is -0.394 e. The minimum absolute atomic E-state index is 0.378. The Bertz CT molecular complexity index is 690. The van der Waals surface area contributed by atoms with Crippen molar-refractivity contribution in [3.8, 4) is 0 Å². The molecule has 0 spiro atoms. The molecule has 0 radical (unpaired) electrons. The average molecular weight is 620 g/mol. The molecule has 3 unspecified atom stereocenters. The number of allylic oxidation sites excluding steroid dienone is 5. The van der Waals surface area contributed by atoms with Crippen LogP contribution in [-0.4, -0.2) is 46.1 Å². The van der Waals surface area contributed by atoms with Gasteiger partial charge in [0.1, 0.15) is 6.10 Å². The maximum Gasteiger partial charge on any atom is 0.249 e. The van der Waals surface area contributed by atoms with Gasteiger partial charge in [-0.1, -0.05) is 159 Å². The lowest BCUT2D eigenvalue weighted by Gasteiger charge is -2.21. The van der Waals surface area contributed by atoms with Gasteiger partial charge in [-0.3, -0.25) is 4.79 Å². The number of hydrogen-bond donors (Lipinski definition) is 4. The summed E-state index contributed by atoms with van der Waals surface area (Å²) in [4.78, 5) is 12.4. The topological polar surface area (TPSA) is 89.8 Å².